The van der Waals surface area contributed by atoms with E-state index < -0.39 is 17.2 Å². The highest BCUT2D eigenvalue weighted by molar-refractivity contribution is 6.03. The van der Waals surface area contributed by atoms with Gasteiger partial charge in [0.25, 0.3) is 11.5 Å². The highest BCUT2D eigenvalue weighted by Crippen LogP contribution is 2.15. The van der Waals surface area contributed by atoms with Crippen LogP contribution in [0.1, 0.15) is 23.7 Å². The fourth-order valence-corrected chi connectivity index (χ4v) is 3.27. The molecule has 0 aliphatic heterocycles. The Hall–Kier alpha value is -3.73. The van der Waals surface area contributed by atoms with Gasteiger partial charge in [-0.15, -0.1) is 0 Å². The molecule has 1 aromatic carbocycles. The van der Waals surface area contributed by atoms with Crippen molar-refractivity contribution in [1.82, 2.24) is 24.0 Å². The molecule has 3 rings (SSSR count). The van der Waals surface area contributed by atoms with Gasteiger partial charge in [0, 0.05) is 33.9 Å². The summed E-state index contributed by atoms with van der Waals surface area (Å²) in [4.78, 5) is 53.9. The molecule has 2 N–H and O–H groups in total. The van der Waals surface area contributed by atoms with Crippen molar-refractivity contribution < 1.29 is 14.3 Å². The minimum atomic E-state index is -0.541. The maximum atomic E-state index is 12.7. The van der Waals surface area contributed by atoms with Gasteiger partial charge in [-0.05, 0) is 25.5 Å². The third kappa shape index (κ3) is 4.78. The Bertz CT molecular complexity index is 1260. The average molecular weight is 442 g/mol. The lowest BCUT2D eigenvalue weighted by atomic mass is 10.1. The Kier molecular flexibility index (Phi) is 7.21. The summed E-state index contributed by atoms with van der Waals surface area (Å²) in [6, 6.07) is 6.66. The summed E-state index contributed by atoms with van der Waals surface area (Å²) in [5, 5.41) is 5.52. The van der Waals surface area contributed by atoms with Gasteiger partial charge in [0.15, 0.2) is 11.2 Å². The SMILES string of the molecule is CCOCCCNC(=O)c1ccccc1NC(=O)Cn1cnc2c1c(=O)n(C)c(=O)n2C. The summed E-state index contributed by atoms with van der Waals surface area (Å²) >= 11 is 0. The summed E-state index contributed by atoms with van der Waals surface area (Å²) in [5.41, 5.74) is -0.0305. The van der Waals surface area contributed by atoms with E-state index in [1.807, 2.05) is 6.92 Å². The molecule has 0 saturated heterocycles. The molecule has 0 aliphatic rings. The number of rotatable bonds is 9. The lowest BCUT2D eigenvalue weighted by molar-refractivity contribution is -0.116. The first kappa shape index (κ1) is 22.9. The number of nitrogens with zero attached hydrogens (tertiary/aromatic N) is 4. The lowest BCUT2D eigenvalue weighted by Crippen LogP contribution is -2.37. The number of aryl methyl sites for hydroxylation is 1. The summed E-state index contributed by atoms with van der Waals surface area (Å²) in [5.74, 6) is -0.758. The van der Waals surface area contributed by atoms with Crippen molar-refractivity contribution in [3.63, 3.8) is 0 Å². The van der Waals surface area contributed by atoms with E-state index in [2.05, 4.69) is 15.6 Å². The van der Waals surface area contributed by atoms with Gasteiger partial charge in [0.2, 0.25) is 5.91 Å². The van der Waals surface area contributed by atoms with Crippen LogP contribution in [0.5, 0.6) is 0 Å². The summed E-state index contributed by atoms with van der Waals surface area (Å²) < 4.78 is 8.84. The van der Waals surface area contributed by atoms with Crippen LogP contribution >= 0.6 is 0 Å². The number of ether oxygens (including phenoxy) is 1. The molecule has 2 heterocycles. The van der Waals surface area contributed by atoms with Crippen LogP contribution in [0.2, 0.25) is 0 Å². The molecule has 2 amide bonds. The van der Waals surface area contributed by atoms with Gasteiger partial charge in [-0.2, -0.15) is 0 Å². The average Bonchev–Trinajstić information content (AvgIpc) is 3.19. The first-order valence-electron chi connectivity index (χ1n) is 10.2. The highest BCUT2D eigenvalue weighted by atomic mass is 16.5. The number of anilines is 1. The number of hydrogen-bond donors (Lipinski definition) is 2. The number of benzene rings is 1. The van der Waals surface area contributed by atoms with Crippen molar-refractivity contribution in [1.29, 1.82) is 0 Å². The molecule has 11 heteroatoms. The fraction of sp³-hybridized carbons (Fsp3) is 0.381. The molecule has 0 unspecified atom stereocenters. The van der Waals surface area contributed by atoms with Crippen molar-refractivity contribution >= 4 is 28.7 Å². The predicted octanol–water partition coefficient (Wildman–Crippen LogP) is 0.229. The van der Waals surface area contributed by atoms with Crippen molar-refractivity contribution in [2.75, 3.05) is 25.1 Å². The molecule has 0 radical (unpaired) electrons. The fourth-order valence-electron chi connectivity index (χ4n) is 3.27. The number of carbonyl (C=O) groups is 2. The van der Waals surface area contributed by atoms with Crippen LogP contribution in [0, 0.1) is 0 Å². The van der Waals surface area contributed by atoms with Crippen LogP contribution in [0.4, 0.5) is 5.69 Å². The van der Waals surface area contributed by atoms with Crippen molar-refractivity contribution in [2.24, 2.45) is 14.1 Å². The first-order chi connectivity index (χ1) is 15.3. The molecule has 0 saturated carbocycles. The molecule has 0 fully saturated rings. The molecule has 170 valence electrons. The summed E-state index contributed by atoms with van der Waals surface area (Å²) in [7, 11) is 2.87. The third-order valence-corrected chi connectivity index (χ3v) is 4.93. The molecule has 0 spiro atoms. The molecular weight excluding hydrogens is 416 g/mol. The number of hydrogen-bond acceptors (Lipinski definition) is 6. The Balaban J connectivity index is 1.75. The van der Waals surface area contributed by atoms with E-state index in [1.54, 1.807) is 24.3 Å². The second kappa shape index (κ2) is 10.1. The third-order valence-electron chi connectivity index (χ3n) is 4.93. The number of fused-ring (bicyclic) bond motifs is 1. The number of imidazole rings is 1. The second-order valence-electron chi connectivity index (χ2n) is 7.15. The van der Waals surface area contributed by atoms with E-state index >= 15 is 0 Å². The second-order valence-corrected chi connectivity index (χ2v) is 7.15. The molecular formula is C21H26N6O5. The minimum Gasteiger partial charge on any atom is -0.382 e. The van der Waals surface area contributed by atoms with Crippen LogP contribution in [0.3, 0.4) is 0 Å². The van der Waals surface area contributed by atoms with Gasteiger partial charge >= 0.3 is 5.69 Å². The van der Waals surface area contributed by atoms with Gasteiger partial charge in [0.05, 0.1) is 17.6 Å². The van der Waals surface area contributed by atoms with Gasteiger partial charge in [-0.25, -0.2) is 9.78 Å². The topological polar surface area (TPSA) is 129 Å². The normalized spacial score (nSPS) is 11.0. The van der Waals surface area contributed by atoms with Crippen LogP contribution in [0.15, 0.2) is 40.2 Å². The summed E-state index contributed by atoms with van der Waals surface area (Å²) in [6.07, 6.45) is 2.02. The van der Waals surface area contributed by atoms with Crippen molar-refractivity contribution in [3.05, 3.63) is 57.0 Å². The predicted molar refractivity (Wildman–Crippen MR) is 119 cm³/mol. The maximum absolute atomic E-state index is 12.7. The minimum absolute atomic E-state index is 0.144. The standard InChI is InChI=1S/C21H26N6O5/c1-4-32-11-7-10-22-19(29)14-8-5-6-9-15(14)24-16(28)12-27-13-23-18-17(27)20(30)26(3)21(31)25(18)2/h5-6,8-9,13H,4,7,10-12H2,1-3H3,(H,22,29)(H,24,28). The van der Waals surface area contributed by atoms with E-state index in [1.165, 1.54) is 29.6 Å². The quantitative estimate of drug-likeness (QED) is 0.457. The van der Waals surface area contributed by atoms with Gasteiger partial charge in [0.1, 0.15) is 6.54 Å². The Morgan fingerprint density at radius 2 is 1.88 bits per heavy atom. The zero-order valence-corrected chi connectivity index (χ0v) is 18.3. The largest absolute Gasteiger partial charge is 0.382 e. The molecule has 2 aromatic heterocycles. The summed E-state index contributed by atoms with van der Waals surface area (Å²) in [6.45, 7) is 3.32. The lowest BCUT2D eigenvalue weighted by Gasteiger charge is -2.12. The Morgan fingerprint density at radius 1 is 1.12 bits per heavy atom. The Labute approximate surface area is 183 Å². The zero-order valence-electron chi connectivity index (χ0n) is 18.3. The van der Waals surface area contributed by atoms with Crippen LogP contribution in [-0.4, -0.2) is 50.3 Å². The van der Waals surface area contributed by atoms with E-state index in [-0.39, 0.29) is 23.6 Å². The van der Waals surface area contributed by atoms with E-state index in [4.69, 9.17) is 4.74 Å². The van der Waals surface area contributed by atoms with Crippen molar-refractivity contribution in [3.8, 4) is 0 Å². The highest BCUT2D eigenvalue weighted by Gasteiger charge is 2.17. The van der Waals surface area contributed by atoms with Crippen LogP contribution in [-0.2, 0) is 30.2 Å². The van der Waals surface area contributed by atoms with Crippen LogP contribution in [0.25, 0.3) is 11.2 Å². The van der Waals surface area contributed by atoms with Gasteiger partial charge in [-0.1, -0.05) is 12.1 Å². The van der Waals surface area contributed by atoms with E-state index in [0.29, 0.717) is 37.4 Å². The number of carbonyl (C=O) groups excluding carboxylic acids is 2. The first-order valence-corrected chi connectivity index (χ1v) is 10.2. The Morgan fingerprint density at radius 3 is 2.62 bits per heavy atom. The van der Waals surface area contributed by atoms with Gasteiger partial charge < -0.3 is 19.9 Å². The number of amides is 2. The molecule has 11 nitrogen and oxygen atoms in total. The number of nitrogens with one attached hydrogen (secondary N) is 2. The van der Waals surface area contributed by atoms with Gasteiger partial charge in [-0.3, -0.25) is 23.5 Å². The van der Waals surface area contributed by atoms with Crippen LogP contribution < -0.4 is 21.9 Å². The number of para-hydroxylation sites is 1. The van der Waals surface area contributed by atoms with E-state index in [9.17, 15) is 19.2 Å². The molecule has 0 atom stereocenters. The monoisotopic (exact) mass is 442 g/mol. The number of aromatic nitrogens is 4. The molecule has 3 aromatic rings. The van der Waals surface area contributed by atoms with E-state index in [0.717, 1.165) is 4.57 Å². The smallest absolute Gasteiger partial charge is 0.332 e. The molecule has 32 heavy (non-hydrogen) atoms. The molecule has 0 aliphatic carbocycles. The zero-order chi connectivity index (χ0) is 23.3. The maximum Gasteiger partial charge on any atom is 0.332 e. The molecule has 0 bridgehead atoms. The van der Waals surface area contributed by atoms with Crippen molar-refractivity contribution in [2.45, 2.75) is 19.9 Å².